The lowest BCUT2D eigenvalue weighted by Gasteiger charge is -2.26. The average molecular weight is 449 g/mol. The number of carbonyl (C=O) groups is 1. The molecule has 174 valence electrons. The lowest BCUT2D eigenvalue weighted by atomic mass is 9.88. The first kappa shape index (κ1) is 21.8. The van der Waals surface area contributed by atoms with Crippen molar-refractivity contribution in [2.75, 3.05) is 44.8 Å². The van der Waals surface area contributed by atoms with E-state index in [1.807, 2.05) is 34.0 Å². The maximum atomic E-state index is 12.4. The molecule has 1 aliphatic heterocycles. The molecule has 5 rings (SSSR count). The van der Waals surface area contributed by atoms with Crippen LogP contribution in [0.4, 0.5) is 5.82 Å². The number of carbonyl (C=O) groups excluding carboxylic acids is 1. The highest BCUT2D eigenvalue weighted by Crippen LogP contribution is 2.34. The summed E-state index contributed by atoms with van der Waals surface area (Å²) in [6.07, 6.45) is 8.84. The molecular weight excluding hydrogens is 416 g/mol. The zero-order valence-corrected chi connectivity index (χ0v) is 19.3. The van der Waals surface area contributed by atoms with Gasteiger partial charge in [-0.2, -0.15) is 5.10 Å². The number of ether oxygens (including phenoxy) is 1. The van der Waals surface area contributed by atoms with Gasteiger partial charge >= 0.3 is 0 Å². The van der Waals surface area contributed by atoms with Crippen molar-refractivity contribution >= 4 is 22.8 Å². The largest absolute Gasteiger partial charge is 0.375 e. The predicted octanol–water partition coefficient (Wildman–Crippen LogP) is 3.55. The summed E-state index contributed by atoms with van der Waals surface area (Å²) in [5.74, 6) is 2.33. The molecule has 0 radical (unpaired) electrons. The summed E-state index contributed by atoms with van der Waals surface area (Å²) in [7, 11) is 1.57. The molecule has 8 heteroatoms. The van der Waals surface area contributed by atoms with E-state index in [4.69, 9.17) is 19.8 Å². The highest BCUT2D eigenvalue weighted by molar-refractivity contribution is 5.88. The fourth-order valence-electron chi connectivity index (χ4n) is 5.05. The number of hydrogen-bond acceptors (Lipinski definition) is 6. The maximum absolute atomic E-state index is 12.4. The van der Waals surface area contributed by atoms with Crippen molar-refractivity contribution in [2.45, 2.75) is 44.4 Å². The molecule has 0 atom stereocenters. The van der Waals surface area contributed by atoms with Crippen LogP contribution in [0, 0.1) is 0 Å². The van der Waals surface area contributed by atoms with Crippen LogP contribution in [-0.4, -0.2) is 70.5 Å². The van der Waals surface area contributed by atoms with E-state index in [9.17, 15) is 4.79 Å². The highest BCUT2D eigenvalue weighted by atomic mass is 16.5. The molecular formula is C25H32N6O2. The summed E-state index contributed by atoms with van der Waals surface area (Å²) < 4.78 is 6.99. The fraction of sp³-hybridized carbons (Fsp3) is 0.520. The Hall–Kier alpha value is -3.00. The first-order valence-electron chi connectivity index (χ1n) is 12.1. The van der Waals surface area contributed by atoms with E-state index in [1.165, 1.54) is 19.3 Å². The van der Waals surface area contributed by atoms with E-state index in [0.717, 1.165) is 67.3 Å². The van der Waals surface area contributed by atoms with Crippen LogP contribution in [-0.2, 0) is 9.53 Å². The number of amides is 1. The Balaban J connectivity index is 1.53. The van der Waals surface area contributed by atoms with E-state index < -0.39 is 0 Å². The molecule has 3 heterocycles. The number of anilines is 1. The van der Waals surface area contributed by atoms with Crippen molar-refractivity contribution in [1.29, 1.82) is 0 Å². The number of rotatable bonds is 5. The standard InChI is InChI=1S/C25H32N6O2/c1-33-18-22(32)29-13-8-14-30(16-15-29)24-21-17-26-31(20-11-6-3-7-12-20)25(21)28-23(27-24)19-9-4-2-5-10-19/h3,6-7,11-12,17,19H,2,4-5,8-10,13-16,18H2,1H3. The Morgan fingerprint density at radius 2 is 1.82 bits per heavy atom. The zero-order chi connectivity index (χ0) is 22.6. The molecule has 1 saturated carbocycles. The van der Waals surface area contributed by atoms with Crippen LogP contribution in [0.3, 0.4) is 0 Å². The van der Waals surface area contributed by atoms with Gasteiger partial charge in [0, 0.05) is 39.2 Å². The summed E-state index contributed by atoms with van der Waals surface area (Å²) in [6.45, 7) is 3.13. The smallest absolute Gasteiger partial charge is 0.248 e. The number of aromatic nitrogens is 4. The summed E-state index contributed by atoms with van der Waals surface area (Å²) >= 11 is 0. The van der Waals surface area contributed by atoms with Crippen LogP contribution in [0.25, 0.3) is 16.7 Å². The van der Waals surface area contributed by atoms with Crippen LogP contribution >= 0.6 is 0 Å². The molecule has 1 aliphatic carbocycles. The summed E-state index contributed by atoms with van der Waals surface area (Å²) in [4.78, 5) is 26.8. The summed E-state index contributed by atoms with van der Waals surface area (Å²) in [5.41, 5.74) is 1.86. The Labute approximate surface area is 194 Å². The molecule has 2 fully saturated rings. The Kier molecular flexibility index (Phi) is 6.53. The fourth-order valence-corrected chi connectivity index (χ4v) is 5.05. The highest BCUT2D eigenvalue weighted by Gasteiger charge is 2.26. The van der Waals surface area contributed by atoms with E-state index in [0.29, 0.717) is 12.5 Å². The summed E-state index contributed by atoms with van der Waals surface area (Å²) in [5, 5.41) is 5.67. The SMILES string of the molecule is COCC(=O)N1CCCN(c2nc(C3CCCCC3)nc3c2cnn3-c2ccccc2)CC1. The van der Waals surface area contributed by atoms with Gasteiger partial charge in [-0.15, -0.1) is 0 Å². The molecule has 1 amide bonds. The Morgan fingerprint density at radius 1 is 1.00 bits per heavy atom. The van der Waals surface area contributed by atoms with E-state index in [-0.39, 0.29) is 12.5 Å². The zero-order valence-electron chi connectivity index (χ0n) is 19.3. The van der Waals surface area contributed by atoms with Crippen LogP contribution in [0.2, 0.25) is 0 Å². The minimum atomic E-state index is 0.0481. The second kappa shape index (κ2) is 9.87. The van der Waals surface area contributed by atoms with Crippen molar-refractivity contribution < 1.29 is 9.53 Å². The summed E-state index contributed by atoms with van der Waals surface area (Å²) in [6, 6.07) is 10.2. The van der Waals surface area contributed by atoms with Gasteiger partial charge in [0.2, 0.25) is 5.91 Å². The third kappa shape index (κ3) is 4.57. The van der Waals surface area contributed by atoms with E-state index in [2.05, 4.69) is 17.0 Å². The van der Waals surface area contributed by atoms with Gasteiger partial charge in [-0.1, -0.05) is 37.5 Å². The quantitative estimate of drug-likeness (QED) is 0.594. The number of nitrogens with zero attached hydrogens (tertiary/aromatic N) is 6. The van der Waals surface area contributed by atoms with Gasteiger partial charge < -0.3 is 14.5 Å². The van der Waals surface area contributed by atoms with Crippen LogP contribution < -0.4 is 4.90 Å². The van der Waals surface area contributed by atoms with Crippen molar-refractivity contribution in [3.63, 3.8) is 0 Å². The first-order valence-corrected chi connectivity index (χ1v) is 12.1. The first-order chi connectivity index (χ1) is 16.2. The number of para-hydroxylation sites is 1. The number of benzene rings is 1. The molecule has 1 aromatic carbocycles. The van der Waals surface area contributed by atoms with Gasteiger partial charge in [0.25, 0.3) is 0 Å². The normalized spacial score (nSPS) is 18.0. The third-order valence-electron chi connectivity index (χ3n) is 6.81. The number of methoxy groups -OCH3 is 1. The monoisotopic (exact) mass is 448 g/mol. The van der Waals surface area contributed by atoms with Crippen molar-refractivity contribution in [3.05, 3.63) is 42.4 Å². The molecule has 8 nitrogen and oxygen atoms in total. The van der Waals surface area contributed by atoms with Crippen LogP contribution in [0.15, 0.2) is 36.5 Å². The second-order valence-corrected chi connectivity index (χ2v) is 9.02. The number of fused-ring (bicyclic) bond motifs is 1. The predicted molar refractivity (Wildman–Crippen MR) is 128 cm³/mol. The Bertz CT molecular complexity index is 1090. The van der Waals surface area contributed by atoms with Crippen LogP contribution in [0.1, 0.15) is 50.3 Å². The molecule has 0 spiro atoms. The van der Waals surface area contributed by atoms with Gasteiger partial charge in [0.1, 0.15) is 18.2 Å². The lowest BCUT2D eigenvalue weighted by Crippen LogP contribution is -2.37. The average Bonchev–Trinajstić information content (AvgIpc) is 3.13. The molecule has 1 saturated heterocycles. The topological polar surface area (TPSA) is 76.4 Å². The minimum Gasteiger partial charge on any atom is -0.375 e. The van der Waals surface area contributed by atoms with Crippen molar-refractivity contribution in [2.24, 2.45) is 0 Å². The van der Waals surface area contributed by atoms with Crippen molar-refractivity contribution in [1.82, 2.24) is 24.6 Å². The molecule has 0 bridgehead atoms. The molecule has 3 aromatic rings. The molecule has 0 N–H and O–H groups in total. The van der Waals surface area contributed by atoms with Crippen LogP contribution in [0.5, 0.6) is 0 Å². The van der Waals surface area contributed by atoms with Gasteiger partial charge in [0.05, 0.1) is 17.3 Å². The molecule has 0 unspecified atom stereocenters. The van der Waals surface area contributed by atoms with Crippen molar-refractivity contribution in [3.8, 4) is 5.69 Å². The molecule has 33 heavy (non-hydrogen) atoms. The molecule has 2 aliphatic rings. The van der Waals surface area contributed by atoms with Gasteiger partial charge in [0.15, 0.2) is 5.65 Å². The third-order valence-corrected chi connectivity index (χ3v) is 6.81. The van der Waals surface area contributed by atoms with E-state index >= 15 is 0 Å². The van der Waals surface area contributed by atoms with Gasteiger partial charge in [-0.3, -0.25) is 4.79 Å². The van der Waals surface area contributed by atoms with Gasteiger partial charge in [-0.25, -0.2) is 14.6 Å². The Morgan fingerprint density at radius 3 is 2.61 bits per heavy atom. The van der Waals surface area contributed by atoms with E-state index in [1.54, 1.807) is 7.11 Å². The minimum absolute atomic E-state index is 0.0481. The molecule has 2 aromatic heterocycles. The maximum Gasteiger partial charge on any atom is 0.248 e. The lowest BCUT2D eigenvalue weighted by molar-refractivity contribution is -0.134. The number of hydrogen-bond donors (Lipinski definition) is 0. The second-order valence-electron chi connectivity index (χ2n) is 9.02. The van der Waals surface area contributed by atoms with Gasteiger partial charge in [-0.05, 0) is 31.4 Å².